The summed E-state index contributed by atoms with van der Waals surface area (Å²) in [5, 5.41) is 15.2. The fourth-order valence-electron chi connectivity index (χ4n) is 1.86. The van der Waals surface area contributed by atoms with Gasteiger partial charge in [0.2, 0.25) is 0 Å². The van der Waals surface area contributed by atoms with Crippen LogP contribution in [0.4, 0.5) is 11.4 Å². The number of thiophene rings is 1. The van der Waals surface area contributed by atoms with Crippen molar-refractivity contribution in [2.45, 2.75) is 12.4 Å². The van der Waals surface area contributed by atoms with Crippen LogP contribution < -0.4 is 4.90 Å². The van der Waals surface area contributed by atoms with Gasteiger partial charge in [-0.1, -0.05) is 6.07 Å². The summed E-state index contributed by atoms with van der Waals surface area (Å²) < 4.78 is 0. The molecule has 0 fully saturated rings. The highest BCUT2D eigenvalue weighted by Gasteiger charge is 2.18. The fourth-order valence-corrected chi connectivity index (χ4v) is 2.69. The number of benzene rings is 1. The third kappa shape index (κ3) is 3.24. The molecule has 0 aliphatic carbocycles. The van der Waals surface area contributed by atoms with E-state index in [0.29, 0.717) is 12.2 Å². The number of hydrogen-bond acceptors (Lipinski definition) is 4. The monoisotopic (exact) mass is 296 g/mol. The first kappa shape index (κ1) is 13.8. The summed E-state index contributed by atoms with van der Waals surface area (Å²) in [5.41, 5.74) is 2.59. The minimum atomic E-state index is -0.366. The van der Waals surface area contributed by atoms with Crippen molar-refractivity contribution in [1.29, 1.82) is 0 Å². The zero-order chi connectivity index (χ0) is 13.8. The first-order valence-electron chi connectivity index (χ1n) is 5.67. The quantitative estimate of drug-likeness (QED) is 0.475. The predicted molar refractivity (Wildman–Crippen MR) is 79.1 cm³/mol. The smallest absolute Gasteiger partial charge is 0.292 e. The number of nitro benzene ring substituents is 1. The van der Waals surface area contributed by atoms with E-state index in [1.54, 1.807) is 17.4 Å². The molecule has 100 valence electrons. The molecule has 0 aliphatic rings. The Morgan fingerprint density at radius 3 is 2.74 bits per heavy atom. The maximum atomic E-state index is 11.1. The van der Waals surface area contributed by atoms with E-state index in [1.165, 1.54) is 6.07 Å². The second-order valence-electron chi connectivity index (χ2n) is 4.20. The lowest BCUT2D eigenvalue weighted by Crippen LogP contribution is -2.17. The molecule has 0 aliphatic heterocycles. The number of hydrogen-bond donors (Lipinski definition) is 0. The molecule has 2 rings (SSSR count). The molecule has 4 nitrogen and oxygen atoms in total. The van der Waals surface area contributed by atoms with Crippen LogP contribution in [0, 0.1) is 10.1 Å². The van der Waals surface area contributed by atoms with Crippen molar-refractivity contribution in [2.75, 3.05) is 11.9 Å². The summed E-state index contributed by atoms with van der Waals surface area (Å²) in [5.74, 6) is 0.273. The van der Waals surface area contributed by atoms with Crippen LogP contribution >= 0.6 is 22.9 Å². The molecule has 0 radical (unpaired) electrons. The van der Waals surface area contributed by atoms with E-state index >= 15 is 0 Å². The van der Waals surface area contributed by atoms with Gasteiger partial charge in [-0.3, -0.25) is 10.1 Å². The summed E-state index contributed by atoms with van der Waals surface area (Å²) >= 11 is 7.33. The maximum Gasteiger partial charge on any atom is 0.292 e. The van der Waals surface area contributed by atoms with Crippen LogP contribution in [0.2, 0.25) is 0 Å². The molecular formula is C13H13ClN2O2S. The van der Waals surface area contributed by atoms with E-state index < -0.39 is 0 Å². The number of alkyl halides is 1. The van der Waals surface area contributed by atoms with E-state index in [9.17, 15) is 10.1 Å². The lowest BCUT2D eigenvalue weighted by molar-refractivity contribution is -0.384. The summed E-state index contributed by atoms with van der Waals surface area (Å²) in [4.78, 5) is 12.6. The minimum absolute atomic E-state index is 0.0934. The molecule has 19 heavy (non-hydrogen) atoms. The third-order valence-electron chi connectivity index (χ3n) is 2.80. The van der Waals surface area contributed by atoms with Gasteiger partial charge in [0, 0.05) is 25.5 Å². The second kappa shape index (κ2) is 6.04. The number of anilines is 1. The number of rotatable bonds is 5. The molecule has 0 unspecified atom stereocenters. The highest BCUT2D eigenvalue weighted by atomic mass is 35.5. The number of nitrogens with zero attached hydrogens (tertiary/aromatic N) is 2. The molecule has 0 N–H and O–H groups in total. The van der Waals surface area contributed by atoms with Gasteiger partial charge in [0.05, 0.1) is 4.92 Å². The Morgan fingerprint density at radius 2 is 2.16 bits per heavy atom. The van der Waals surface area contributed by atoms with Crippen molar-refractivity contribution in [3.05, 3.63) is 56.3 Å². The molecule has 0 spiro atoms. The summed E-state index contributed by atoms with van der Waals surface area (Å²) in [6, 6.07) is 7.12. The molecule has 1 heterocycles. The van der Waals surface area contributed by atoms with E-state index in [1.807, 2.05) is 34.8 Å². The number of halogens is 1. The van der Waals surface area contributed by atoms with Crippen LogP contribution in [0.25, 0.3) is 0 Å². The van der Waals surface area contributed by atoms with Crippen molar-refractivity contribution in [1.82, 2.24) is 0 Å². The molecule has 0 amide bonds. The third-order valence-corrected chi connectivity index (χ3v) is 3.84. The van der Waals surface area contributed by atoms with Gasteiger partial charge in [-0.15, -0.1) is 11.6 Å². The topological polar surface area (TPSA) is 46.4 Å². The Kier molecular flexibility index (Phi) is 4.39. The molecular weight excluding hydrogens is 284 g/mol. The molecule has 1 aromatic heterocycles. The zero-order valence-electron chi connectivity index (χ0n) is 10.4. The zero-order valence-corrected chi connectivity index (χ0v) is 11.9. The Labute approximate surface area is 120 Å². The SMILES string of the molecule is CN(Cc1ccsc1)c1ccc(CCl)cc1[N+](=O)[O-]. The van der Waals surface area contributed by atoms with Gasteiger partial charge >= 0.3 is 0 Å². The van der Waals surface area contributed by atoms with E-state index in [4.69, 9.17) is 11.6 Å². The normalized spacial score (nSPS) is 10.4. The van der Waals surface area contributed by atoms with Crippen molar-refractivity contribution >= 4 is 34.3 Å². The van der Waals surface area contributed by atoms with Gasteiger partial charge in [-0.2, -0.15) is 11.3 Å². The van der Waals surface area contributed by atoms with Crippen LogP contribution in [-0.2, 0) is 12.4 Å². The van der Waals surface area contributed by atoms with E-state index in [2.05, 4.69) is 0 Å². The van der Waals surface area contributed by atoms with Crippen LogP contribution in [0.5, 0.6) is 0 Å². The molecule has 1 aromatic carbocycles. The second-order valence-corrected chi connectivity index (χ2v) is 5.25. The van der Waals surface area contributed by atoms with Gasteiger partial charge in [0.1, 0.15) is 5.69 Å². The molecule has 0 bridgehead atoms. The summed E-state index contributed by atoms with van der Waals surface area (Å²) in [7, 11) is 1.85. The van der Waals surface area contributed by atoms with Crippen molar-refractivity contribution in [3.63, 3.8) is 0 Å². The highest BCUT2D eigenvalue weighted by Crippen LogP contribution is 2.30. The largest absolute Gasteiger partial charge is 0.365 e. The average molecular weight is 297 g/mol. The Hall–Kier alpha value is -1.59. The van der Waals surface area contributed by atoms with Crippen molar-refractivity contribution in [3.8, 4) is 0 Å². The van der Waals surface area contributed by atoms with Crippen LogP contribution in [0.15, 0.2) is 35.0 Å². The molecule has 0 saturated heterocycles. The molecule has 2 aromatic rings. The fraction of sp³-hybridized carbons (Fsp3) is 0.231. The minimum Gasteiger partial charge on any atom is -0.365 e. The lowest BCUT2D eigenvalue weighted by atomic mass is 10.1. The van der Waals surface area contributed by atoms with E-state index in [-0.39, 0.29) is 16.5 Å². The Bertz CT molecular complexity index is 572. The summed E-state index contributed by atoms with van der Waals surface area (Å²) in [6.07, 6.45) is 0. The maximum absolute atomic E-state index is 11.1. The van der Waals surface area contributed by atoms with Gasteiger partial charge in [-0.05, 0) is 34.0 Å². The molecule has 0 saturated carbocycles. The molecule has 0 atom stereocenters. The number of nitro groups is 1. The van der Waals surface area contributed by atoms with Gasteiger partial charge < -0.3 is 4.90 Å². The first-order valence-corrected chi connectivity index (χ1v) is 7.15. The van der Waals surface area contributed by atoms with Crippen LogP contribution in [0.3, 0.4) is 0 Å². The standard InChI is InChI=1S/C13H13ClN2O2S/c1-15(8-11-4-5-19-9-11)12-3-2-10(7-14)6-13(12)16(17)18/h2-6,9H,7-8H2,1H3. The van der Waals surface area contributed by atoms with Crippen LogP contribution in [0.1, 0.15) is 11.1 Å². The van der Waals surface area contributed by atoms with Gasteiger partial charge in [0.15, 0.2) is 0 Å². The highest BCUT2D eigenvalue weighted by molar-refractivity contribution is 7.07. The van der Waals surface area contributed by atoms with Gasteiger partial charge in [-0.25, -0.2) is 0 Å². The average Bonchev–Trinajstić information content (AvgIpc) is 2.90. The Balaban J connectivity index is 2.30. The predicted octanol–water partition coefficient (Wildman–Crippen LogP) is 4.03. The Morgan fingerprint density at radius 1 is 1.37 bits per heavy atom. The van der Waals surface area contributed by atoms with Crippen molar-refractivity contribution < 1.29 is 4.92 Å². The van der Waals surface area contributed by atoms with E-state index in [0.717, 1.165) is 11.1 Å². The first-order chi connectivity index (χ1) is 9.11. The van der Waals surface area contributed by atoms with Gasteiger partial charge in [0.25, 0.3) is 5.69 Å². The molecule has 6 heteroatoms. The lowest BCUT2D eigenvalue weighted by Gasteiger charge is -2.18. The van der Waals surface area contributed by atoms with Crippen LogP contribution in [-0.4, -0.2) is 12.0 Å². The summed E-state index contributed by atoms with van der Waals surface area (Å²) in [6.45, 7) is 0.643. The van der Waals surface area contributed by atoms with Crippen molar-refractivity contribution in [2.24, 2.45) is 0 Å².